The summed E-state index contributed by atoms with van der Waals surface area (Å²) in [4.78, 5) is 4.19. The highest BCUT2D eigenvalue weighted by Gasteiger charge is 2.33. The topological polar surface area (TPSA) is 88.6 Å². The Hall–Kier alpha value is -1.44. The van der Waals surface area contributed by atoms with Gasteiger partial charge in [0.05, 0.1) is 5.60 Å². The molecule has 6 nitrogen and oxygen atoms in total. The van der Waals surface area contributed by atoms with Gasteiger partial charge < -0.3 is 19.5 Å². The SMILES string of the molecule is CC(C)C(Oc1ccc(Br)cc1)c1noc(C(O)C(C)(C)O)n1. The summed E-state index contributed by atoms with van der Waals surface area (Å²) in [5, 5.41) is 23.8. The molecule has 0 aliphatic carbocycles. The van der Waals surface area contributed by atoms with Crippen molar-refractivity contribution in [3.05, 3.63) is 40.5 Å². The maximum atomic E-state index is 10.0. The van der Waals surface area contributed by atoms with E-state index in [0.717, 1.165) is 4.47 Å². The summed E-state index contributed by atoms with van der Waals surface area (Å²) in [5.41, 5.74) is -1.37. The Kier molecular flexibility index (Phi) is 5.44. The quantitative estimate of drug-likeness (QED) is 0.792. The summed E-state index contributed by atoms with van der Waals surface area (Å²) >= 11 is 3.38. The second-order valence-electron chi connectivity index (χ2n) is 6.28. The van der Waals surface area contributed by atoms with Crippen molar-refractivity contribution >= 4 is 15.9 Å². The van der Waals surface area contributed by atoms with E-state index in [-0.39, 0.29) is 11.8 Å². The predicted octanol–water partition coefficient (Wildman–Crippen LogP) is 3.41. The summed E-state index contributed by atoms with van der Waals surface area (Å²) in [6, 6.07) is 7.44. The summed E-state index contributed by atoms with van der Waals surface area (Å²) in [6.07, 6.45) is -1.69. The van der Waals surface area contributed by atoms with Gasteiger partial charge in [-0.15, -0.1) is 0 Å². The van der Waals surface area contributed by atoms with Crippen molar-refractivity contribution in [2.75, 3.05) is 0 Å². The van der Waals surface area contributed by atoms with E-state index in [2.05, 4.69) is 26.1 Å². The maximum absolute atomic E-state index is 10.0. The maximum Gasteiger partial charge on any atom is 0.258 e. The van der Waals surface area contributed by atoms with Gasteiger partial charge in [-0.2, -0.15) is 4.98 Å². The Labute approximate surface area is 143 Å². The van der Waals surface area contributed by atoms with Crippen molar-refractivity contribution in [3.8, 4) is 5.75 Å². The molecule has 0 saturated carbocycles. The molecule has 126 valence electrons. The number of aliphatic hydroxyl groups is 2. The zero-order valence-corrected chi connectivity index (χ0v) is 15.1. The first-order chi connectivity index (χ1) is 10.7. The van der Waals surface area contributed by atoms with Crippen LogP contribution in [-0.2, 0) is 0 Å². The Morgan fingerprint density at radius 2 is 1.83 bits per heavy atom. The molecule has 7 heteroatoms. The number of aliphatic hydroxyl groups excluding tert-OH is 1. The Morgan fingerprint density at radius 1 is 1.22 bits per heavy atom. The van der Waals surface area contributed by atoms with E-state index in [4.69, 9.17) is 9.26 Å². The van der Waals surface area contributed by atoms with E-state index in [1.165, 1.54) is 13.8 Å². The molecule has 0 fully saturated rings. The van der Waals surface area contributed by atoms with Gasteiger partial charge in [-0.1, -0.05) is 34.9 Å². The molecule has 2 aromatic rings. The van der Waals surface area contributed by atoms with E-state index < -0.39 is 17.8 Å². The monoisotopic (exact) mass is 384 g/mol. The van der Waals surface area contributed by atoms with Crippen LogP contribution in [0.2, 0.25) is 0 Å². The lowest BCUT2D eigenvalue weighted by molar-refractivity contribution is -0.0640. The Balaban J connectivity index is 2.22. The first-order valence-corrected chi connectivity index (χ1v) is 8.14. The van der Waals surface area contributed by atoms with Crippen LogP contribution in [0.25, 0.3) is 0 Å². The lowest BCUT2D eigenvalue weighted by Crippen LogP contribution is -2.29. The minimum Gasteiger partial charge on any atom is -0.482 e. The summed E-state index contributed by atoms with van der Waals surface area (Å²) in [6.45, 7) is 6.90. The van der Waals surface area contributed by atoms with Gasteiger partial charge in [0.2, 0.25) is 5.82 Å². The number of aromatic nitrogens is 2. The van der Waals surface area contributed by atoms with Gasteiger partial charge in [0.1, 0.15) is 5.75 Å². The largest absolute Gasteiger partial charge is 0.482 e. The molecule has 2 atom stereocenters. The van der Waals surface area contributed by atoms with E-state index in [0.29, 0.717) is 11.6 Å². The van der Waals surface area contributed by atoms with Crippen molar-refractivity contribution in [2.45, 2.75) is 45.5 Å². The van der Waals surface area contributed by atoms with Gasteiger partial charge in [0.25, 0.3) is 5.89 Å². The fourth-order valence-electron chi connectivity index (χ4n) is 1.92. The number of hydrogen-bond acceptors (Lipinski definition) is 6. The fraction of sp³-hybridized carbons (Fsp3) is 0.500. The molecule has 2 N–H and O–H groups in total. The highest BCUT2D eigenvalue weighted by Crippen LogP contribution is 2.30. The van der Waals surface area contributed by atoms with E-state index in [1.807, 2.05) is 38.1 Å². The van der Waals surface area contributed by atoms with Gasteiger partial charge in [0.15, 0.2) is 12.2 Å². The Morgan fingerprint density at radius 3 is 2.35 bits per heavy atom. The lowest BCUT2D eigenvalue weighted by Gasteiger charge is -2.21. The molecule has 1 heterocycles. The number of ether oxygens (including phenoxy) is 1. The molecule has 2 unspecified atom stereocenters. The number of halogens is 1. The normalized spacial score (nSPS) is 14.8. The van der Waals surface area contributed by atoms with E-state index in [1.54, 1.807) is 0 Å². The third-order valence-corrected chi connectivity index (χ3v) is 3.83. The summed E-state index contributed by atoms with van der Waals surface area (Å²) in [7, 11) is 0. The predicted molar refractivity (Wildman–Crippen MR) is 87.9 cm³/mol. The van der Waals surface area contributed by atoms with Crippen molar-refractivity contribution in [1.29, 1.82) is 0 Å². The van der Waals surface area contributed by atoms with Crippen molar-refractivity contribution < 1.29 is 19.5 Å². The van der Waals surface area contributed by atoms with Crippen molar-refractivity contribution in [1.82, 2.24) is 10.1 Å². The van der Waals surface area contributed by atoms with Crippen LogP contribution in [0.4, 0.5) is 0 Å². The Bertz CT molecular complexity index is 634. The van der Waals surface area contributed by atoms with Gasteiger partial charge in [0, 0.05) is 4.47 Å². The van der Waals surface area contributed by atoms with E-state index in [9.17, 15) is 10.2 Å². The van der Waals surface area contributed by atoms with Crippen LogP contribution in [0.3, 0.4) is 0 Å². The van der Waals surface area contributed by atoms with E-state index >= 15 is 0 Å². The van der Waals surface area contributed by atoms with Gasteiger partial charge in [-0.3, -0.25) is 0 Å². The van der Waals surface area contributed by atoms with Crippen LogP contribution in [0, 0.1) is 5.92 Å². The molecule has 0 spiro atoms. The zero-order chi connectivity index (χ0) is 17.2. The standard InChI is InChI=1S/C16H21BrN2O4/c1-9(2)12(22-11-7-5-10(17)6-8-11)14-18-15(23-19-14)13(20)16(3,4)21/h5-9,12-13,20-21H,1-4H3. The molecule has 0 radical (unpaired) electrons. The third-order valence-electron chi connectivity index (χ3n) is 3.30. The highest BCUT2D eigenvalue weighted by molar-refractivity contribution is 9.10. The van der Waals surface area contributed by atoms with Crippen LogP contribution in [0.1, 0.15) is 51.6 Å². The summed E-state index contributed by atoms with van der Waals surface area (Å²) in [5.74, 6) is 1.07. The second kappa shape index (κ2) is 6.98. The average Bonchev–Trinajstić information content (AvgIpc) is 2.93. The number of benzene rings is 1. The first kappa shape index (κ1) is 17.9. The van der Waals surface area contributed by atoms with Crippen molar-refractivity contribution in [3.63, 3.8) is 0 Å². The average molecular weight is 385 g/mol. The molecule has 0 aliphatic rings. The molecule has 23 heavy (non-hydrogen) atoms. The first-order valence-electron chi connectivity index (χ1n) is 7.34. The smallest absolute Gasteiger partial charge is 0.258 e. The minimum absolute atomic E-state index is 0.0300. The number of rotatable bonds is 6. The molecule has 1 aromatic carbocycles. The molecule has 0 bridgehead atoms. The van der Waals surface area contributed by atoms with Crippen molar-refractivity contribution in [2.24, 2.45) is 5.92 Å². The number of hydrogen-bond donors (Lipinski definition) is 2. The fourth-order valence-corrected chi connectivity index (χ4v) is 2.19. The third kappa shape index (κ3) is 4.53. The van der Waals surface area contributed by atoms with Gasteiger partial charge >= 0.3 is 0 Å². The molecule has 0 amide bonds. The zero-order valence-electron chi connectivity index (χ0n) is 13.5. The van der Waals surface area contributed by atoms with Crippen LogP contribution in [0.15, 0.2) is 33.3 Å². The van der Waals surface area contributed by atoms with Crippen LogP contribution in [0.5, 0.6) is 5.75 Å². The number of nitrogens with zero attached hydrogens (tertiary/aromatic N) is 2. The minimum atomic E-state index is -1.37. The lowest BCUT2D eigenvalue weighted by atomic mass is 10.0. The molecular formula is C16H21BrN2O4. The van der Waals surface area contributed by atoms with Gasteiger partial charge in [-0.25, -0.2) is 0 Å². The highest BCUT2D eigenvalue weighted by atomic mass is 79.9. The van der Waals surface area contributed by atoms with Crippen LogP contribution in [-0.4, -0.2) is 26.0 Å². The molecule has 2 rings (SSSR count). The second-order valence-corrected chi connectivity index (χ2v) is 7.20. The molecule has 1 aromatic heterocycles. The molecular weight excluding hydrogens is 364 g/mol. The summed E-state index contributed by atoms with van der Waals surface area (Å²) < 4.78 is 12.0. The van der Waals surface area contributed by atoms with Gasteiger partial charge in [-0.05, 0) is 44.0 Å². The van der Waals surface area contributed by atoms with Crippen LogP contribution >= 0.6 is 15.9 Å². The van der Waals surface area contributed by atoms with Crippen LogP contribution < -0.4 is 4.74 Å². The molecule has 0 aliphatic heterocycles. The molecule has 0 saturated heterocycles.